The third-order valence-electron chi connectivity index (χ3n) is 2.93. The number of hydrogen-bond donors (Lipinski definition) is 1. The second kappa shape index (κ2) is 8.72. The van der Waals surface area contributed by atoms with E-state index in [0.717, 1.165) is 12.0 Å². The Hall–Kier alpha value is -1.39. The van der Waals surface area contributed by atoms with Crippen LogP contribution < -0.4 is 5.32 Å². The molecule has 5 heteroatoms. The van der Waals surface area contributed by atoms with Crippen LogP contribution in [0.3, 0.4) is 0 Å². The van der Waals surface area contributed by atoms with Crippen LogP contribution in [0.4, 0.5) is 0 Å². The first-order valence-electron chi connectivity index (χ1n) is 6.70. The molecule has 1 N–H and O–H groups in total. The number of nitrogens with one attached hydrogen (secondary N) is 1. The normalized spacial score (nSPS) is 13.6. The molecule has 1 aromatic rings. The number of benzene rings is 1. The third-order valence-corrected chi connectivity index (χ3v) is 3.25. The number of halogens is 1. The zero-order chi connectivity index (χ0) is 15.0. The summed E-state index contributed by atoms with van der Waals surface area (Å²) in [4.78, 5) is 23.0. The maximum atomic E-state index is 11.9. The standard InChI is InChI=1S/C15H20ClNO3/c1-3-20-15(19)13(17-11(2)14(16)18)10-9-12-7-5-4-6-8-12/h4-8,11,13,17H,3,9-10H2,1-2H3/t11-,13?/m0/s1. The molecule has 0 radical (unpaired) electrons. The molecule has 0 amide bonds. The van der Waals surface area contributed by atoms with Crippen LogP contribution in [0, 0.1) is 0 Å². The van der Waals surface area contributed by atoms with Gasteiger partial charge in [-0.25, -0.2) is 0 Å². The van der Waals surface area contributed by atoms with Crippen molar-refractivity contribution in [1.82, 2.24) is 5.32 Å². The molecule has 20 heavy (non-hydrogen) atoms. The minimum atomic E-state index is -0.582. The number of esters is 1. The Bertz CT molecular complexity index is 436. The molecule has 4 nitrogen and oxygen atoms in total. The van der Waals surface area contributed by atoms with Crippen LogP contribution in [-0.4, -0.2) is 29.9 Å². The summed E-state index contributed by atoms with van der Waals surface area (Å²) in [5.74, 6) is -0.354. The van der Waals surface area contributed by atoms with E-state index in [1.54, 1.807) is 13.8 Å². The highest BCUT2D eigenvalue weighted by Gasteiger charge is 2.23. The smallest absolute Gasteiger partial charge is 0.323 e. The van der Waals surface area contributed by atoms with E-state index in [-0.39, 0.29) is 5.97 Å². The summed E-state index contributed by atoms with van der Waals surface area (Å²) in [5.41, 5.74) is 1.13. The minimum Gasteiger partial charge on any atom is -0.465 e. The highest BCUT2D eigenvalue weighted by molar-refractivity contribution is 6.64. The van der Waals surface area contributed by atoms with Crippen LogP contribution in [0.1, 0.15) is 25.8 Å². The molecule has 2 atom stereocenters. The lowest BCUT2D eigenvalue weighted by molar-refractivity contribution is -0.146. The van der Waals surface area contributed by atoms with Gasteiger partial charge in [-0.15, -0.1) is 0 Å². The monoisotopic (exact) mass is 297 g/mol. The van der Waals surface area contributed by atoms with E-state index < -0.39 is 17.3 Å². The first-order valence-corrected chi connectivity index (χ1v) is 7.08. The number of ether oxygens (including phenoxy) is 1. The maximum absolute atomic E-state index is 11.9. The minimum absolute atomic E-state index is 0.311. The number of carbonyl (C=O) groups is 2. The van der Waals surface area contributed by atoms with Crippen molar-refractivity contribution in [3.63, 3.8) is 0 Å². The van der Waals surface area contributed by atoms with E-state index in [9.17, 15) is 9.59 Å². The average molecular weight is 298 g/mol. The summed E-state index contributed by atoms with van der Waals surface area (Å²) in [6.45, 7) is 3.69. The molecule has 1 aromatic carbocycles. The van der Waals surface area contributed by atoms with Gasteiger partial charge in [-0.2, -0.15) is 0 Å². The molecule has 0 aliphatic rings. The molecular weight excluding hydrogens is 278 g/mol. The van der Waals surface area contributed by atoms with Crippen LogP contribution in [0.2, 0.25) is 0 Å². The molecule has 0 saturated carbocycles. The zero-order valence-electron chi connectivity index (χ0n) is 11.8. The van der Waals surface area contributed by atoms with E-state index in [2.05, 4.69) is 5.32 Å². The summed E-state index contributed by atoms with van der Waals surface area (Å²) in [7, 11) is 0. The Labute approximate surface area is 124 Å². The first-order chi connectivity index (χ1) is 9.54. The van der Waals surface area contributed by atoms with E-state index in [1.807, 2.05) is 30.3 Å². The fraction of sp³-hybridized carbons (Fsp3) is 0.467. The van der Waals surface area contributed by atoms with E-state index in [4.69, 9.17) is 16.3 Å². The molecule has 0 aliphatic carbocycles. The Morgan fingerprint density at radius 2 is 1.95 bits per heavy atom. The van der Waals surface area contributed by atoms with Crippen molar-refractivity contribution < 1.29 is 14.3 Å². The predicted molar refractivity (Wildman–Crippen MR) is 78.6 cm³/mol. The fourth-order valence-electron chi connectivity index (χ4n) is 1.84. The topological polar surface area (TPSA) is 55.4 Å². The Kier molecular flexibility index (Phi) is 7.26. The molecule has 0 aliphatic heterocycles. The number of rotatable bonds is 8. The van der Waals surface area contributed by atoms with Gasteiger partial charge < -0.3 is 4.74 Å². The molecule has 0 saturated heterocycles. The van der Waals surface area contributed by atoms with Crippen molar-refractivity contribution in [2.45, 2.75) is 38.8 Å². The number of aryl methyl sites for hydroxylation is 1. The molecule has 0 heterocycles. The summed E-state index contributed by atoms with van der Waals surface area (Å²) >= 11 is 5.42. The summed E-state index contributed by atoms with van der Waals surface area (Å²) in [5, 5.41) is 2.40. The third kappa shape index (κ3) is 5.72. The number of carbonyl (C=O) groups excluding carboxylic acids is 2. The Morgan fingerprint density at radius 1 is 1.30 bits per heavy atom. The second-order valence-corrected chi connectivity index (χ2v) is 4.89. The van der Waals surface area contributed by atoms with E-state index in [1.165, 1.54) is 0 Å². The largest absolute Gasteiger partial charge is 0.465 e. The zero-order valence-corrected chi connectivity index (χ0v) is 12.5. The van der Waals surface area contributed by atoms with Gasteiger partial charge in [0, 0.05) is 0 Å². The molecule has 0 aromatic heterocycles. The van der Waals surface area contributed by atoms with Gasteiger partial charge in [0.25, 0.3) is 0 Å². The highest BCUT2D eigenvalue weighted by atomic mass is 35.5. The second-order valence-electron chi connectivity index (χ2n) is 4.52. The van der Waals surface area contributed by atoms with Crippen LogP contribution in [0.5, 0.6) is 0 Å². The van der Waals surface area contributed by atoms with Crippen LogP contribution in [-0.2, 0) is 20.7 Å². The Morgan fingerprint density at radius 3 is 2.50 bits per heavy atom. The van der Waals surface area contributed by atoms with Gasteiger partial charge in [0.1, 0.15) is 6.04 Å². The quantitative estimate of drug-likeness (QED) is 0.591. The van der Waals surface area contributed by atoms with Crippen LogP contribution in [0.15, 0.2) is 30.3 Å². The molecule has 110 valence electrons. The molecule has 0 bridgehead atoms. The lowest BCUT2D eigenvalue weighted by Gasteiger charge is -2.20. The molecule has 1 unspecified atom stereocenters. The molecular formula is C15H20ClNO3. The van der Waals surface area contributed by atoms with Gasteiger partial charge in [0.05, 0.1) is 12.6 Å². The van der Waals surface area contributed by atoms with Crippen molar-refractivity contribution in [3.8, 4) is 0 Å². The predicted octanol–water partition coefficient (Wildman–Crippen LogP) is 2.29. The molecule has 0 fully saturated rings. The summed E-state index contributed by atoms with van der Waals surface area (Å²) < 4.78 is 5.02. The van der Waals surface area contributed by atoms with E-state index in [0.29, 0.717) is 13.0 Å². The summed E-state index contributed by atoms with van der Waals surface area (Å²) in [6, 6.07) is 8.73. The fourth-order valence-corrected chi connectivity index (χ4v) is 1.90. The van der Waals surface area contributed by atoms with Crippen molar-refractivity contribution in [2.75, 3.05) is 6.61 Å². The van der Waals surface area contributed by atoms with Gasteiger partial charge in [-0.3, -0.25) is 14.9 Å². The summed E-state index contributed by atoms with van der Waals surface area (Å²) in [6.07, 6.45) is 1.28. The van der Waals surface area contributed by atoms with Crippen molar-refractivity contribution in [3.05, 3.63) is 35.9 Å². The van der Waals surface area contributed by atoms with Gasteiger partial charge >= 0.3 is 5.97 Å². The SMILES string of the molecule is CCOC(=O)C(CCc1ccccc1)N[C@@H](C)C(=O)Cl. The van der Waals surface area contributed by atoms with Gasteiger partial charge in [-0.05, 0) is 43.9 Å². The Balaban J connectivity index is 2.62. The van der Waals surface area contributed by atoms with Gasteiger partial charge in [0.2, 0.25) is 5.24 Å². The van der Waals surface area contributed by atoms with Crippen molar-refractivity contribution >= 4 is 22.8 Å². The van der Waals surface area contributed by atoms with Crippen LogP contribution >= 0.6 is 11.6 Å². The van der Waals surface area contributed by atoms with Gasteiger partial charge in [-0.1, -0.05) is 30.3 Å². The average Bonchev–Trinajstić information content (AvgIpc) is 2.44. The lowest BCUT2D eigenvalue weighted by Crippen LogP contribution is -2.45. The van der Waals surface area contributed by atoms with E-state index >= 15 is 0 Å². The maximum Gasteiger partial charge on any atom is 0.323 e. The highest BCUT2D eigenvalue weighted by Crippen LogP contribution is 2.08. The molecule has 1 rings (SSSR count). The van der Waals surface area contributed by atoms with Crippen LogP contribution in [0.25, 0.3) is 0 Å². The first kappa shape index (κ1) is 16.7. The van der Waals surface area contributed by atoms with Gasteiger partial charge in [0.15, 0.2) is 0 Å². The van der Waals surface area contributed by atoms with Crippen molar-refractivity contribution in [2.24, 2.45) is 0 Å². The van der Waals surface area contributed by atoms with Crippen molar-refractivity contribution in [1.29, 1.82) is 0 Å². The molecule has 0 spiro atoms. The number of hydrogen-bond acceptors (Lipinski definition) is 4. The lowest BCUT2D eigenvalue weighted by atomic mass is 10.0.